The van der Waals surface area contributed by atoms with Gasteiger partial charge in [-0.25, -0.2) is 0 Å². The lowest BCUT2D eigenvalue weighted by Gasteiger charge is -2.09. The van der Waals surface area contributed by atoms with Crippen molar-refractivity contribution in [2.45, 2.75) is 6.92 Å². The van der Waals surface area contributed by atoms with Crippen LogP contribution in [0.25, 0.3) is 6.08 Å². The van der Waals surface area contributed by atoms with E-state index in [-0.39, 0.29) is 6.61 Å². The number of rotatable bonds is 5. The Labute approximate surface area is 148 Å². The zero-order chi connectivity index (χ0) is 17.4. The van der Waals surface area contributed by atoms with Gasteiger partial charge < -0.3 is 4.74 Å². The molecule has 0 aliphatic heterocycles. The molecule has 2 amide bonds. The quantitative estimate of drug-likeness (QED) is 0.610. The fourth-order valence-electron chi connectivity index (χ4n) is 1.82. The minimum Gasteiger partial charge on any atom is -0.483 e. The number of halogens is 1. The van der Waals surface area contributed by atoms with Gasteiger partial charge in [-0.3, -0.25) is 20.4 Å². The van der Waals surface area contributed by atoms with Crippen LogP contribution in [0.15, 0.2) is 59.1 Å². The Morgan fingerprint density at radius 2 is 1.79 bits per heavy atom. The number of carbonyl (C=O) groups is 2. The number of para-hydroxylation sites is 1. The molecule has 0 atom stereocenters. The predicted octanol–water partition coefficient (Wildman–Crippen LogP) is 3.00. The van der Waals surface area contributed by atoms with Crippen LogP contribution in [0.5, 0.6) is 5.75 Å². The summed E-state index contributed by atoms with van der Waals surface area (Å²) in [5.74, 6) is -0.236. The molecule has 0 aliphatic carbocycles. The molecule has 2 aromatic rings. The molecule has 6 heteroatoms. The number of hydrogen-bond acceptors (Lipinski definition) is 3. The first-order chi connectivity index (χ1) is 11.5. The summed E-state index contributed by atoms with van der Waals surface area (Å²) in [6.45, 7) is 1.71. The van der Waals surface area contributed by atoms with E-state index in [2.05, 4.69) is 26.8 Å². The third-order valence-corrected chi connectivity index (χ3v) is 3.60. The van der Waals surface area contributed by atoms with Gasteiger partial charge in [0, 0.05) is 10.5 Å². The molecule has 0 radical (unpaired) electrons. The second-order valence-corrected chi connectivity index (χ2v) is 5.89. The standard InChI is InChI=1S/C18H17BrN2O3/c1-13-4-2-3-5-16(13)24-12-18(23)21-20-17(22)11-8-14-6-9-15(19)10-7-14/h2-11H,12H2,1H3,(H,20,22)(H,21,23)/b11-8+. The summed E-state index contributed by atoms with van der Waals surface area (Å²) in [4.78, 5) is 23.3. The third kappa shape index (κ3) is 5.89. The van der Waals surface area contributed by atoms with Crippen LogP contribution in [0.3, 0.4) is 0 Å². The fourth-order valence-corrected chi connectivity index (χ4v) is 2.08. The van der Waals surface area contributed by atoms with E-state index < -0.39 is 11.8 Å². The van der Waals surface area contributed by atoms with Gasteiger partial charge in [0.25, 0.3) is 11.8 Å². The van der Waals surface area contributed by atoms with Gasteiger partial charge >= 0.3 is 0 Å². The first kappa shape index (κ1) is 17.7. The highest BCUT2D eigenvalue weighted by Crippen LogP contribution is 2.15. The van der Waals surface area contributed by atoms with Crippen LogP contribution in [0, 0.1) is 6.92 Å². The lowest BCUT2D eigenvalue weighted by atomic mass is 10.2. The molecular weight excluding hydrogens is 372 g/mol. The minimum atomic E-state index is -0.441. The predicted molar refractivity (Wildman–Crippen MR) is 96.1 cm³/mol. The van der Waals surface area contributed by atoms with Gasteiger partial charge in [-0.1, -0.05) is 46.3 Å². The second-order valence-electron chi connectivity index (χ2n) is 4.98. The van der Waals surface area contributed by atoms with Gasteiger partial charge in [-0.05, 0) is 42.3 Å². The average Bonchev–Trinajstić information content (AvgIpc) is 2.58. The first-order valence-electron chi connectivity index (χ1n) is 7.25. The average molecular weight is 389 g/mol. The maximum absolute atomic E-state index is 11.7. The van der Waals surface area contributed by atoms with E-state index in [9.17, 15) is 9.59 Å². The maximum atomic E-state index is 11.7. The molecular formula is C18H17BrN2O3. The zero-order valence-corrected chi connectivity index (χ0v) is 14.7. The molecule has 2 N–H and O–H groups in total. The van der Waals surface area contributed by atoms with E-state index in [1.165, 1.54) is 6.08 Å². The van der Waals surface area contributed by atoms with Gasteiger partial charge in [-0.15, -0.1) is 0 Å². The summed E-state index contributed by atoms with van der Waals surface area (Å²) < 4.78 is 6.35. The molecule has 124 valence electrons. The Bertz CT molecular complexity index is 742. The summed E-state index contributed by atoms with van der Waals surface area (Å²) in [7, 11) is 0. The van der Waals surface area contributed by atoms with Crippen LogP contribution in [-0.4, -0.2) is 18.4 Å². The van der Waals surface area contributed by atoms with Crippen LogP contribution >= 0.6 is 15.9 Å². The van der Waals surface area contributed by atoms with E-state index in [0.29, 0.717) is 5.75 Å². The Morgan fingerprint density at radius 1 is 1.08 bits per heavy atom. The molecule has 5 nitrogen and oxygen atoms in total. The lowest BCUT2D eigenvalue weighted by Crippen LogP contribution is -2.43. The Hall–Kier alpha value is -2.60. The highest BCUT2D eigenvalue weighted by Gasteiger charge is 2.05. The molecule has 0 saturated heterocycles. The molecule has 2 aromatic carbocycles. The molecule has 0 spiro atoms. The van der Waals surface area contributed by atoms with Gasteiger partial charge in [0.15, 0.2) is 6.61 Å². The topological polar surface area (TPSA) is 67.4 Å². The Kier molecular flexibility index (Phi) is 6.57. The summed E-state index contributed by atoms with van der Waals surface area (Å²) in [6, 6.07) is 14.9. The summed E-state index contributed by atoms with van der Waals surface area (Å²) >= 11 is 3.34. The first-order valence-corrected chi connectivity index (χ1v) is 8.05. The number of aryl methyl sites for hydroxylation is 1. The summed E-state index contributed by atoms with van der Waals surface area (Å²) in [5.41, 5.74) is 6.41. The van der Waals surface area contributed by atoms with Gasteiger partial charge in [0.1, 0.15) is 5.75 Å². The van der Waals surface area contributed by atoms with Crippen molar-refractivity contribution < 1.29 is 14.3 Å². The zero-order valence-electron chi connectivity index (χ0n) is 13.1. The van der Waals surface area contributed by atoms with E-state index >= 15 is 0 Å². The monoisotopic (exact) mass is 388 g/mol. The number of ether oxygens (including phenoxy) is 1. The number of hydrazine groups is 1. The molecule has 0 fully saturated rings. The van der Waals surface area contributed by atoms with Crippen LogP contribution in [0.2, 0.25) is 0 Å². The van der Waals surface area contributed by atoms with Crippen molar-refractivity contribution in [1.29, 1.82) is 0 Å². The number of carbonyl (C=O) groups excluding carboxylic acids is 2. The maximum Gasteiger partial charge on any atom is 0.276 e. The van der Waals surface area contributed by atoms with Gasteiger partial charge in [0.2, 0.25) is 0 Å². The van der Waals surface area contributed by atoms with E-state index in [4.69, 9.17) is 4.74 Å². The molecule has 0 saturated carbocycles. The molecule has 0 aromatic heterocycles. The largest absolute Gasteiger partial charge is 0.483 e. The Balaban J connectivity index is 1.74. The highest BCUT2D eigenvalue weighted by atomic mass is 79.9. The third-order valence-electron chi connectivity index (χ3n) is 3.07. The summed E-state index contributed by atoms with van der Waals surface area (Å²) in [6.07, 6.45) is 2.99. The van der Waals surface area contributed by atoms with Crippen LogP contribution in [0.1, 0.15) is 11.1 Å². The number of nitrogens with one attached hydrogen (secondary N) is 2. The van der Waals surface area contributed by atoms with E-state index in [0.717, 1.165) is 15.6 Å². The fraction of sp³-hybridized carbons (Fsp3) is 0.111. The number of hydrogen-bond donors (Lipinski definition) is 2. The molecule has 24 heavy (non-hydrogen) atoms. The molecule has 0 unspecified atom stereocenters. The van der Waals surface area contributed by atoms with E-state index in [1.807, 2.05) is 49.4 Å². The van der Waals surface area contributed by atoms with Crippen LogP contribution in [0.4, 0.5) is 0 Å². The van der Waals surface area contributed by atoms with Crippen molar-refractivity contribution in [3.8, 4) is 5.75 Å². The summed E-state index contributed by atoms with van der Waals surface area (Å²) in [5, 5.41) is 0. The van der Waals surface area contributed by atoms with Gasteiger partial charge in [-0.2, -0.15) is 0 Å². The number of amides is 2. The van der Waals surface area contributed by atoms with E-state index in [1.54, 1.807) is 12.1 Å². The smallest absolute Gasteiger partial charge is 0.276 e. The molecule has 2 rings (SSSR count). The lowest BCUT2D eigenvalue weighted by molar-refractivity contribution is -0.128. The van der Waals surface area contributed by atoms with Crippen molar-refractivity contribution in [3.05, 3.63) is 70.2 Å². The number of benzene rings is 2. The van der Waals surface area contributed by atoms with Crippen molar-refractivity contribution in [2.75, 3.05) is 6.61 Å². The van der Waals surface area contributed by atoms with Crippen LogP contribution < -0.4 is 15.6 Å². The molecule has 0 aliphatic rings. The van der Waals surface area contributed by atoms with Crippen molar-refractivity contribution >= 4 is 33.8 Å². The van der Waals surface area contributed by atoms with Crippen molar-refractivity contribution in [2.24, 2.45) is 0 Å². The SMILES string of the molecule is Cc1ccccc1OCC(=O)NNC(=O)/C=C/c1ccc(Br)cc1. The normalized spacial score (nSPS) is 10.4. The highest BCUT2D eigenvalue weighted by molar-refractivity contribution is 9.10. The molecule has 0 heterocycles. The van der Waals surface area contributed by atoms with Crippen molar-refractivity contribution in [3.63, 3.8) is 0 Å². The van der Waals surface area contributed by atoms with Gasteiger partial charge in [0.05, 0.1) is 0 Å². The minimum absolute atomic E-state index is 0.179. The second kappa shape index (κ2) is 8.88. The molecule has 0 bridgehead atoms. The van der Waals surface area contributed by atoms with Crippen molar-refractivity contribution in [1.82, 2.24) is 10.9 Å². The van der Waals surface area contributed by atoms with Crippen LogP contribution in [-0.2, 0) is 9.59 Å². The Morgan fingerprint density at radius 3 is 2.50 bits per heavy atom.